The van der Waals surface area contributed by atoms with Crippen LogP contribution in [-0.4, -0.2) is 0 Å². The standard InChI is InChI=1S/C49H30ClNOS2/c50-42-29-35(28-41-37-16-8-10-18-45(37)54-49(41)42)51(33-20-22-44-38(26-33)36-15-7-9-17-43(36)52-44)34-21-24-47-40(27-34)39-25-32(19-23-46(39)53-47)48(30-11-3-1-4-12-30)31-13-5-2-6-14-31/h1-29,48H. The lowest BCUT2D eigenvalue weighted by Crippen LogP contribution is -2.09. The highest BCUT2D eigenvalue weighted by molar-refractivity contribution is 7.26. The molecule has 0 saturated heterocycles. The van der Waals surface area contributed by atoms with Crippen molar-refractivity contribution in [2.75, 3.05) is 4.90 Å². The molecule has 11 rings (SSSR count). The van der Waals surface area contributed by atoms with Gasteiger partial charge in [0.05, 0.1) is 9.72 Å². The van der Waals surface area contributed by atoms with Crippen LogP contribution in [0.4, 0.5) is 17.1 Å². The predicted octanol–water partition coefficient (Wildman–Crippen LogP) is 15.6. The van der Waals surface area contributed by atoms with Crippen LogP contribution >= 0.6 is 34.3 Å². The second-order valence-electron chi connectivity index (χ2n) is 13.8. The number of nitrogens with zero attached hydrogens (tertiary/aromatic N) is 1. The van der Waals surface area contributed by atoms with Crippen molar-refractivity contribution in [1.29, 1.82) is 0 Å². The molecule has 54 heavy (non-hydrogen) atoms. The number of hydrogen-bond donors (Lipinski definition) is 0. The van der Waals surface area contributed by atoms with Gasteiger partial charge in [-0.2, -0.15) is 0 Å². The first kappa shape index (κ1) is 31.6. The van der Waals surface area contributed by atoms with Gasteiger partial charge >= 0.3 is 0 Å². The number of para-hydroxylation sites is 1. The first-order chi connectivity index (χ1) is 26.7. The lowest BCUT2D eigenvalue weighted by Gasteiger charge is -2.26. The zero-order chi connectivity index (χ0) is 35.8. The Bertz CT molecular complexity index is 3160. The third-order valence-corrected chi connectivity index (χ3v) is 13.4. The van der Waals surface area contributed by atoms with E-state index in [1.807, 2.05) is 23.5 Å². The van der Waals surface area contributed by atoms with Gasteiger partial charge in [-0.15, -0.1) is 22.7 Å². The number of benzene rings is 8. The Hall–Kier alpha value is -5.91. The molecule has 0 atom stereocenters. The Morgan fingerprint density at radius 3 is 1.76 bits per heavy atom. The van der Waals surface area contributed by atoms with Crippen LogP contribution in [0.2, 0.25) is 5.02 Å². The van der Waals surface area contributed by atoms with Crippen molar-refractivity contribution in [3.8, 4) is 0 Å². The highest BCUT2D eigenvalue weighted by Gasteiger charge is 2.21. The normalized spacial score (nSPS) is 12.0. The van der Waals surface area contributed by atoms with Crippen LogP contribution in [0, 0.1) is 0 Å². The summed E-state index contributed by atoms with van der Waals surface area (Å²) in [4.78, 5) is 2.35. The van der Waals surface area contributed by atoms with Crippen LogP contribution in [0.25, 0.3) is 62.3 Å². The summed E-state index contributed by atoms with van der Waals surface area (Å²) in [5.41, 5.74) is 8.72. The molecular weight excluding hydrogens is 718 g/mol. The molecule has 0 radical (unpaired) electrons. The molecule has 0 spiro atoms. The number of furan rings is 1. The molecule has 0 aliphatic carbocycles. The fourth-order valence-corrected chi connectivity index (χ4v) is 10.7. The maximum absolute atomic E-state index is 7.18. The predicted molar refractivity (Wildman–Crippen MR) is 233 cm³/mol. The van der Waals surface area contributed by atoms with Gasteiger partial charge in [0.2, 0.25) is 0 Å². The fourth-order valence-electron chi connectivity index (χ4n) is 8.17. The number of halogens is 1. The van der Waals surface area contributed by atoms with E-state index >= 15 is 0 Å². The van der Waals surface area contributed by atoms with E-state index in [0.717, 1.165) is 54.1 Å². The SMILES string of the molecule is Clc1cc(N(c2ccc3oc4ccccc4c3c2)c2ccc3sc4ccc(C(c5ccccc5)c5ccccc5)cc4c3c2)cc2c1sc1ccccc12. The van der Waals surface area contributed by atoms with Crippen molar-refractivity contribution in [3.05, 3.63) is 198 Å². The minimum absolute atomic E-state index is 0.122. The van der Waals surface area contributed by atoms with Gasteiger partial charge in [-0.05, 0) is 89.5 Å². The molecule has 0 aliphatic heterocycles. The number of fused-ring (bicyclic) bond motifs is 9. The summed E-state index contributed by atoms with van der Waals surface area (Å²) in [6.07, 6.45) is 0. The van der Waals surface area contributed by atoms with Gasteiger partial charge in [-0.3, -0.25) is 0 Å². The lowest BCUT2D eigenvalue weighted by molar-refractivity contribution is 0.669. The summed E-state index contributed by atoms with van der Waals surface area (Å²) in [6.45, 7) is 0. The monoisotopic (exact) mass is 747 g/mol. The Kier molecular flexibility index (Phi) is 7.38. The quantitative estimate of drug-likeness (QED) is 0.158. The van der Waals surface area contributed by atoms with Gasteiger partial charge in [-0.25, -0.2) is 0 Å². The van der Waals surface area contributed by atoms with Crippen molar-refractivity contribution in [2.24, 2.45) is 0 Å². The number of thiophene rings is 2. The molecule has 2 nitrogen and oxygen atoms in total. The second-order valence-corrected chi connectivity index (χ2v) is 16.4. The van der Waals surface area contributed by atoms with E-state index < -0.39 is 0 Å². The highest BCUT2D eigenvalue weighted by atomic mass is 35.5. The van der Waals surface area contributed by atoms with E-state index in [-0.39, 0.29) is 5.92 Å². The largest absolute Gasteiger partial charge is 0.456 e. The van der Waals surface area contributed by atoms with Crippen molar-refractivity contribution in [1.82, 2.24) is 0 Å². The van der Waals surface area contributed by atoms with Crippen LogP contribution in [-0.2, 0) is 0 Å². The molecule has 0 saturated carbocycles. The van der Waals surface area contributed by atoms with Gasteiger partial charge in [0.15, 0.2) is 0 Å². The molecule has 3 aromatic heterocycles. The van der Waals surface area contributed by atoms with Gasteiger partial charge in [0.25, 0.3) is 0 Å². The van der Waals surface area contributed by atoms with Crippen molar-refractivity contribution in [3.63, 3.8) is 0 Å². The topological polar surface area (TPSA) is 16.4 Å². The molecule has 0 N–H and O–H groups in total. The second kappa shape index (κ2) is 12.6. The minimum atomic E-state index is 0.122. The van der Waals surface area contributed by atoms with Crippen molar-refractivity contribution in [2.45, 2.75) is 5.92 Å². The first-order valence-corrected chi connectivity index (χ1v) is 20.1. The van der Waals surface area contributed by atoms with Crippen LogP contribution in [0.1, 0.15) is 22.6 Å². The van der Waals surface area contributed by atoms with Crippen LogP contribution in [0.15, 0.2) is 180 Å². The summed E-state index contributed by atoms with van der Waals surface area (Å²) >= 11 is 10.8. The fraction of sp³-hybridized carbons (Fsp3) is 0.0204. The van der Waals surface area contributed by atoms with Gasteiger partial charge < -0.3 is 9.32 Å². The third kappa shape index (κ3) is 5.13. The molecule has 0 unspecified atom stereocenters. The molecule has 0 fully saturated rings. The van der Waals surface area contributed by atoms with E-state index in [1.165, 1.54) is 46.9 Å². The molecule has 5 heteroatoms. The molecule has 0 aliphatic rings. The zero-order valence-electron chi connectivity index (χ0n) is 28.9. The Morgan fingerprint density at radius 2 is 0.981 bits per heavy atom. The minimum Gasteiger partial charge on any atom is -0.456 e. The van der Waals surface area contributed by atoms with Gasteiger partial charge in [0, 0.05) is 69.4 Å². The summed E-state index contributed by atoms with van der Waals surface area (Å²) in [5, 5.41) is 7.82. The van der Waals surface area contributed by atoms with Crippen LogP contribution in [0.5, 0.6) is 0 Å². The first-order valence-electron chi connectivity index (χ1n) is 18.0. The lowest BCUT2D eigenvalue weighted by atomic mass is 9.85. The number of rotatable bonds is 6. The molecule has 0 amide bonds. The van der Waals surface area contributed by atoms with Crippen molar-refractivity contribution < 1.29 is 4.42 Å². The van der Waals surface area contributed by atoms with Gasteiger partial charge in [0.1, 0.15) is 11.2 Å². The molecule has 0 bridgehead atoms. The van der Waals surface area contributed by atoms with E-state index in [4.69, 9.17) is 16.0 Å². The molecular formula is C49H30ClNOS2. The molecule has 11 aromatic rings. The highest BCUT2D eigenvalue weighted by Crippen LogP contribution is 2.47. The Labute approximate surface area is 324 Å². The molecule has 3 heterocycles. The summed E-state index contributed by atoms with van der Waals surface area (Å²) < 4.78 is 11.1. The third-order valence-electron chi connectivity index (χ3n) is 10.6. The Balaban J connectivity index is 1.13. The van der Waals surface area contributed by atoms with E-state index in [2.05, 4.69) is 169 Å². The van der Waals surface area contributed by atoms with Crippen LogP contribution in [0.3, 0.4) is 0 Å². The number of hydrogen-bond acceptors (Lipinski definition) is 4. The van der Waals surface area contributed by atoms with Gasteiger partial charge in [-0.1, -0.05) is 115 Å². The van der Waals surface area contributed by atoms with E-state index in [9.17, 15) is 0 Å². The average molecular weight is 748 g/mol. The molecule has 8 aromatic carbocycles. The maximum atomic E-state index is 7.18. The van der Waals surface area contributed by atoms with E-state index in [0.29, 0.717) is 0 Å². The van der Waals surface area contributed by atoms with E-state index in [1.54, 1.807) is 11.3 Å². The van der Waals surface area contributed by atoms with Crippen LogP contribution < -0.4 is 4.90 Å². The smallest absolute Gasteiger partial charge is 0.135 e. The molecule has 256 valence electrons. The van der Waals surface area contributed by atoms with Crippen molar-refractivity contribution >= 4 is 114 Å². The summed E-state index contributed by atoms with van der Waals surface area (Å²) in [6, 6.07) is 63.3. The average Bonchev–Trinajstić information content (AvgIpc) is 3.90. The zero-order valence-corrected chi connectivity index (χ0v) is 31.3. The summed E-state index contributed by atoms with van der Waals surface area (Å²) in [5.74, 6) is 0.122. The number of anilines is 3. The summed E-state index contributed by atoms with van der Waals surface area (Å²) in [7, 11) is 0. The maximum Gasteiger partial charge on any atom is 0.135 e. The Morgan fingerprint density at radius 1 is 0.407 bits per heavy atom.